The van der Waals surface area contributed by atoms with Crippen LogP contribution in [0.25, 0.3) is 22.6 Å². The van der Waals surface area contributed by atoms with E-state index in [0.717, 1.165) is 28.1 Å². The van der Waals surface area contributed by atoms with Gasteiger partial charge in [0.15, 0.2) is 5.58 Å². The molecule has 1 aromatic heterocycles. The molecule has 0 radical (unpaired) electrons. The third kappa shape index (κ3) is 3.46. The third-order valence-corrected chi connectivity index (χ3v) is 3.56. The van der Waals surface area contributed by atoms with Crippen molar-refractivity contribution in [1.29, 1.82) is 0 Å². The zero-order valence-electron chi connectivity index (χ0n) is 13.3. The lowest BCUT2D eigenvalue weighted by atomic mass is 10.2. The predicted octanol–water partition coefficient (Wildman–Crippen LogP) is 3.32. The van der Waals surface area contributed by atoms with E-state index in [1.54, 1.807) is 0 Å². The molecule has 120 valence electrons. The Morgan fingerprint density at radius 1 is 1.13 bits per heavy atom. The number of nitrogens with zero attached hydrogens (tertiary/aromatic N) is 2. The summed E-state index contributed by atoms with van der Waals surface area (Å²) in [5.41, 5.74) is 3.56. The lowest BCUT2D eigenvalue weighted by Gasteiger charge is -2.11. The molecule has 3 aromatic rings. The van der Waals surface area contributed by atoms with E-state index >= 15 is 0 Å². The number of anilines is 1. The van der Waals surface area contributed by atoms with Crippen molar-refractivity contribution in [2.45, 2.75) is 6.42 Å². The number of hydrogen-bond donors (Lipinski definition) is 1. The van der Waals surface area contributed by atoms with Crippen LogP contribution in [0.15, 0.2) is 46.9 Å². The molecule has 0 atom stereocenters. The molecule has 0 unspecified atom stereocenters. The second kappa shape index (κ2) is 6.71. The number of aliphatic hydroxyl groups excluding tert-OH is 1. The molecule has 0 aliphatic carbocycles. The summed E-state index contributed by atoms with van der Waals surface area (Å²) in [6, 6.07) is 13.6. The van der Waals surface area contributed by atoms with Crippen molar-refractivity contribution >= 4 is 16.8 Å². The molecule has 0 amide bonds. The lowest BCUT2D eigenvalue weighted by molar-refractivity contribution is 0.233. The fraction of sp³-hybridized carbons (Fsp3) is 0.278. The van der Waals surface area contributed by atoms with E-state index in [1.165, 1.54) is 0 Å². The summed E-state index contributed by atoms with van der Waals surface area (Å²) in [6.45, 7) is 0.609. The zero-order valence-corrected chi connectivity index (χ0v) is 13.3. The topological polar surface area (TPSA) is 58.7 Å². The van der Waals surface area contributed by atoms with Gasteiger partial charge in [0.05, 0.1) is 6.61 Å². The highest BCUT2D eigenvalue weighted by molar-refractivity contribution is 5.78. The predicted molar refractivity (Wildman–Crippen MR) is 91.0 cm³/mol. The van der Waals surface area contributed by atoms with Gasteiger partial charge in [-0.1, -0.05) is 0 Å². The number of aliphatic hydroxyl groups is 1. The number of hydrogen-bond acceptors (Lipinski definition) is 5. The maximum absolute atomic E-state index is 8.79. The van der Waals surface area contributed by atoms with Crippen LogP contribution >= 0.6 is 0 Å². The van der Waals surface area contributed by atoms with Crippen LogP contribution in [0, 0.1) is 0 Å². The van der Waals surface area contributed by atoms with Crippen molar-refractivity contribution in [3.05, 3.63) is 42.5 Å². The van der Waals surface area contributed by atoms with E-state index < -0.39 is 0 Å². The van der Waals surface area contributed by atoms with Crippen molar-refractivity contribution in [2.24, 2.45) is 0 Å². The van der Waals surface area contributed by atoms with Crippen molar-refractivity contribution in [3.8, 4) is 17.2 Å². The molecular formula is C18H20N2O3. The average molecular weight is 312 g/mol. The summed E-state index contributed by atoms with van der Waals surface area (Å²) in [5, 5.41) is 8.79. The number of oxazole rings is 1. The maximum atomic E-state index is 8.79. The number of ether oxygens (including phenoxy) is 1. The summed E-state index contributed by atoms with van der Waals surface area (Å²) in [6.07, 6.45) is 0.611. The standard InChI is InChI=1S/C18H20N2O3/c1-20(2)14-6-4-13(5-7-14)18-19-16-12-15(22-11-3-10-21)8-9-17(16)23-18/h4-9,12,21H,3,10-11H2,1-2H3. The van der Waals surface area contributed by atoms with Crippen molar-refractivity contribution in [1.82, 2.24) is 4.98 Å². The van der Waals surface area contributed by atoms with E-state index in [4.69, 9.17) is 14.3 Å². The normalized spacial score (nSPS) is 10.9. The van der Waals surface area contributed by atoms with Gasteiger partial charge in [-0.05, 0) is 36.4 Å². The first kappa shape index (κ1) is 15.4. The number of benzene rings is 2. The van der Waals surface area contributed by atoms with Gasteiger partial charge in [0.2, 0.25) is 5.89 Å². The molecule has 0 aliphatic heterocycles. The first-order valence-corrected chi connectivity index (χ1v) is 7.59. The summed E-state index contributed by atoms with van der Waals surface area (Å²) in [4.78, 5) is 6.58. The van der Waals surface area contributed by atoms with Crippen LogP contribution in [-0.4, -0.2) is 37.4 Å². The van der Waals surface area contributed by atoms with E-state index in [9.17, 15) is 0 Å². The molecule has 0 spiro atoms. The van der Waals surface area contributed by atoms with Gasteiger partial charge in [0.25, 0.3) is 0 Å². The molecule has 1 heterocycles. The molecule has 0 fully saturated rings. The van der Waals surface area contributed by atoms with Gasteiger partial charge in [-0.3, -0.25) is 0 Å². The summed E-state index contributed by atoms with van der Waals surface area (Å²) in [5.74, 6) is 1.33. The van der Waals surface area contributed by atoms with Crippen LogP contribution in [0.1, 0.15) is 6.42 Å². The molecule has 0 saturated heterocycles. The molecule has 5 nitrogen and oxygen atoms in total. The molecule has 2 aromatic carbocycles. The number of fused-ring (bicyclic) bond motifs is 1. The Morgan fingerprint density at radius 3 is 2.61 bits per heavy atom. The monoisotopic (exact) mass is 312 g/mol. The van der Waals surface area contributed by atoms with Crippen LogP contribution in [0.2, 0.25) is 0 Å². The highest BCUT2D eigenvalue weighted by Gasteiger charge is 2.09. The average Bonchev–Trinajstić information content (AvgIpc) is 2.98. The summed E-state index contributed by atoms with van der Waals surface area (Å²) in [7, 11) is 4.01. The largest absolute Gasteiger partial charge is 0.493 e. The van der Waals surface area contributed by atoms with E-state index in [2.05, 4.69) is 4.98 Å². The fourth-order valence-electron chi connectivity index (χ4n) is 2.28. The zero-order chi connectivity index (χ0) is 16.2. The second-order valence-corrected chi connectivity index (χ2v) is 5.52. The van der Waals surface area contributed by atoms with Crippen LogP contribution in [0.5, 0.6) is 5.75 Å². The van der Waals surface area contributed by atoms with Gasteiger partial charge in [0.1, 0.15) is 11.3 Å². The molecule has 3 rings (SSSR count). The lowest BCUT2D eigenvalue weighted by Crippen LogP contribution is -2.07. The molecule has 0 saturated carbocycles. The minimum absolute atomic E-state index is 0.124. The minimum Gasteiger partial charge on any atom is -0.493 e. The van der Waals surface area contributed by atoms with Gasteiger partial charge in [-0.15, -0.1) is 0 Å². The Balaban J connectivity index is 1.84. The molecule has 1 N–H and O–H groups in total. The Hall–Kier alpha value is -2.53. The van der Waals surface area contributed by atoms with E-state index in [0.29, 0.717) is 18.9 Å². The summed E-state index contributed by atoms with van der Waals surface area (Å²) < 4.78 is 11.4. The van der Waals surface area contributed by atoms with Gasteiger partial charge < -0.3 is 19.2 Å². The Kier molecular flexibility index (Phi) is 4.48. The fourth-order valence-corrected chi connectivity index (χ4v) is 2.28. The smallest absolute Gasteiger partial charge is 0.227 e. The van der Waals surface area contributed by atoms with Crippen molar-refractivity contribution in [3.63, 3.8) is 0 Å². The molecule has 23 heavy (non-hydrogen) atoms. The van der Waals surface area contributed by atoms with Crippen molar-refractivity contribution < 1.29 is 14.3 Å². The van der Waals surface area contributed by atoms with Gasteiger partial charge >= 0.3 is 0 Å². The van der Waals surface area contributed by atoms with Crippen LogP contribution in [0.3, 0.4) is 0 Å². The Labute approximate surface area is 135 Å². The first-order chi connectivity index (χ1) is 11.2. The van der Waals surface area contributed by atoms with Crippen LogP contribution in [-0.2, 0) is 0 Å². The molecule has 0 aliphatic rings. The van der Waals surface area contributed by atoms with Gasteiger partial charge in [-0.25, -0.2) is 4.98 Å². The Morgan fingerprint density at radius 2 is 1.91 bits per heavy atom. The van der Waals surface area contributed by atoms with E-state index in [-0.39, 0.29) is 6.61 Å². The second-order valence-electron chi connectivity index (χ2n) is 5.52. The highest BCUT2D eigenvalue weighted by atomic mass is 16.5. The highest BCUT2D eigenvalue weighted by Crippen LogP contribution is 2.28. The number of rotatable bonds is 6. The quantitative estimate of drug-likeness (QED) is 0.708. The SMILES string of the molecule is CN(C)c1ccc(-c2nc3cc(OCCCO)ccc3o2)cc1. The summed E-state index contributed by atoms with van der Waals surface area (Å²) >= 11 is 0. The molecule has 5 heteroatoms. The minimum atomic E-state index is 0.124. The van der Waals surface area contributed by atoms with E-state index in [1.807, 2.05) is 61.5 Å². The van der Waals surface area contributed by atoms with Crippen LogP contribution < -0.4 is 9.64 Å². The maximum Gasteiger partial charge on any atom is 0.227 e. The van der Waals surface area contributed by atoms with Gasteiger partial charge in [0, 0.05) is 44.4 Å². The van der Waals surface area contributed by atoms with Gasteiger partial charge in [-0.2, -0.15) is 0 Å². The Bertz CT molecular complexity index is 779. The van der Waals surface area contributed by atoms with Crippen molar-refractivity contribution in [2.75, 3.05) is 32.2 Å². The third-order valence-electron chi connectivity index (χ3n) is 3.56. The number of aromatic nitrogens is 1. The molecular weight excluding hydrogens is 292 g/mol. The van der Waals surface area contributed by atoms with Crippen LogP contribution in [0.4, 0.5) is 5.69 Å². The first-order valence-electron chi connectivity index (χ1n) is 7.59. The molecule has 0 bridgehead atoms.